The smallest absolute Gasteiger partial charge is 0.311 e. The number of hydrogen-bond donors (Lipinski definition) is 2. The van der Waals surface area contributed by atoms with Gasteiger partial charge in [-0.3, -0.25) is 19.2 Å². The fourth-order valence-corrected chi connectivity index (χ4v) is 4.64. The van der Waals surface area contributed by atoms with Crippen LogP contribution in [0.25, 0.3) is 0 Å². The third-order valence-electron chi connectivity index (χ3n) is 6.09. The van der Waals surface area contributed by atoms with Gasteiger partial charge >= 0.3 is 23.9 Å². The lowest BCUT2D eigenvalue weighted by Crippen LogP contribution is -2.42. The summed E-state index contributed by atoms with van der Waals surface area (Å²) in [6.45, 7) is 10.8. The lowest BCUT2D eigenvalue weighted by atomic mass is 9.65. The number of rotatable bonds is 14. The van der Waals surface area contributed by atoms with Crippen molar-refractivity contribution in [2.24, 2.45) is 28.1 Å². The summed E-state index contributed by atoms with van der Waals surface area (Å²) in [4.78, 5) is 47.7. The molecular weight excluding hydrogens is 404 g/mol. The van der Waals surface area contributed by atoms with Gasteiger partial charge in [-0.05, 0) is 57.3 Å². The molecule has 0 aromatic carbocycles. The normalized spacial score (nSPS) is 17.5. The Bertz CT molecular complexity index is 656. The fraction of sp³-hybridized carbons (Fsp3) is 0.826. The van der Waals surface area contributed by atoms with Crippen LogP contribution in [0.4, 0.5) is 0 Å². The SMILES string of the molecule is COC(=O)C(C)(CCC(C)(C)CC(C)CC(=O)O)CC(C)(CC(C)C(=O)O)C(=O)OC. The second-order valence-corrected chi connectivity index (χ2v) is 10.3. The zero-order valence-corrected chi connectivity index (χ0v) is 20.2. The Kier molecular flexibility index (Phi) is 10.7. The predicted octanol–water partition coefficient (Wildman–Crippen LogP) is 4.15. The van der Waals surface area contributed by atoms with Crippen LogP contribution in [0.5, 0.6) is 0 Å². The van der Waals surface area contributed by atoms with Gasteiger partial charge in [0.1, 0.15) is 0 Å². The third-order valence-corrected chi connectivity index (χ3v) is 6.09. The highest BCUT2D eigenvalue weighted by atomic mass is 16.5. The molecule has 8 heteroatoms. The predicted molar refractivity (Wildman–Crippen MR) is 115 cm³/mol. The summed E-state index contributed by atoms with van der Waals surface area (Å²) in [7, 11) is 2.53. The van der Waals surface area contributed by atoms with Gasteiger partial charge < -0.3 is 19.7 Å². The minimum Gasteiger partial charge on any atom is -0.481 e. The molecule has 0 bridgehead atoms. The molecule has 4 unspecified atom stereocenters. The number of carboxylic acids is 2. The van der Waals surface area contributed by atoms with Crippen LogP contribution in [0.1, 0.15) is 80.1 Å². The van der Waals surface area contributed by atoms with E-state index in [4.69, 9.17) is 14.6 Å². The molecule has 180 valence electrons. The topological polar surface area (TPSA) is 127 Å². The maximum atomic E-state index is 12.8. The zero-order chi connectivity index (χ0) is 24.6. The van der Waals surface area contributed by atoms with Crippen molar-refractivity contribution < 1.29 is 38.9 Å². The largest absolute Gasteiger partial charge is 0.481 e. The summed E-state index contributed by atoms with van der Waals surface area (Å²) >= 11 is 0. The second-order valence-electron chi connectivity index (χ2n) is 10.3. The van der Waals surface area contributed by atoms with Crippen molar-refractivity contribution in [2.75, 3.05) is 14.2 Å². The summed E-state index contributed by atoms with van der Waals surface area (Å²) in [5, 5.41) is 18.3. The van der Waals surface area contributed by atoms with Crippen molar-refractivity contribution in [3.8, 4) is 0 Å². The van der Waals surface area contributed by atoms with Crippen molar-refractivity contribution in [3.63, 3.8) is 0 Å². The van der Waals surface area contributed by atoms with Gasteiger partial charge in [0.25, 0.3) is 0 Å². The minimum atomic E-state index is -1.18. The highest BCUT2D eigenvalue weighted by Gasteiger charge is 2.47. The number of carbonyl (C=O) groups excluding carboxylic acids is 2. The van der Waals surface area contributed by atoms with Crippen LogP contribution in [-0.2, 0) is 28.7 Å². The van der Waals surface area contributed by atoms with Crippen LogP contribution >= 0.6 is 0 Å². The van der Waals surface area contributed by atoms with Crippen molar-refractivity contribution >= 4 is 23.9 Å². The lowest BCUT2D eigenvalue weighted by molar-refractivity contribution is -0.163. The highest BCUT2D eigenvalue weighted by Crippen LogP contribution is 2.45. The van der Waals surface area contributed by atoms with Crippen molar-refractivity contribution in [3.05, 3.63) is 0 Å². The highest BCUT2D eigenvalue weighted by molar-refractivity contribution is 5.81. The first kappa shape index (κ1) is 28.9. The molecule has 0 spiro atoms. The third kappa shape index (κ3) is 9.27. The molecule has 8 nitrogen and oxygen atoms in total. The number of esters is 2. The molecule has 0 saturated carbocycles. The molecule has 0 saturated heterocycles. The molecule has 0 amide bonds. The first-order chi connectivity index (χ1) is 14.0. The van der Waals surface area contributed by atoms with Crippen LogP contribution in [0.3, 0.4) is 0 Å². The van der Waals surface area contributed by atoms with Gasteiger partial charge in [0.15, 0.2) is 0 Å². The molecule has 0 aromatic heterocycles. The van der Waals surface area contributed by atoms with E-state index in [1.165, 1.54) is 21.1 Å². The van der Waals surface area contributed by atoms with E-state index >= 15 is 0 Å². The Labute approximate surface area is 185 Å². The standard InChI is InChI=1S/C23H40O8/c1-15(11-17(24)25)12-21(3,4)9-10-22(5,19(28)30-7)14-23(6,20(29)31-8)13-16(2)18(26)27/h15-16H,9-14H2,1-8H3,(H,24,25)(H,26,27). The van der Waals surface area contributed by atoms with E-state index in [9.17, 15) is 24.3 Å². The monoisotopic (exact) mass is 444 g/mol. The molecule has 0 heterocycles. The van der Waals surface area contributed by atoms with E-state index in [0.717, 1.165) is 0 Å². The Morgan fingerprint density at radius 2 is 1.29 bits per heavy atom. The molecule has 0 aliphatic carbocycles. The summed E-state index contributed by atoms with van der Waals surface area (Å²) < 4.78 is 9.99. The fourth-order valence-electron chi connectivity index (χ4n) is 4.64. The van der Waals surface area contributed by atoms with Gasteiger partial charge in [0.05, 0.1) is 31.0 Å². The van der Waals surface area contributed by atoms with Gasteiger partial charge in [-0.25, -0.2) is 0 Å². The van der Waals surface area contributed by atoms with Crippen molar-refractivity contribution in [1.29, 1.82) is 0 Å². The summed E-state index contributed by atoms with van der Waals surface area (Å²) in [6, 6.07) is 0. The molecule has 0 rings (SSSR count). The average molecular weight is 445 g/mol. The van der Waals surface area contributed by atoms with Crippen molar-refractivity contribution in [1.82, 2.24) is 0 Å². The number of methoxy groups -OCH3 is 2. The average Bonchev–Trinajstić information content (AvgIpc) is 2.63. The summed E-state index contributed by atoms with van der Waals surface area (Å²) in [6.07, 6.45) is 1.86. The lowest BCUT2D eigenvalue weighted by Gasteiger charge is -2.39. The van der Waals surface area contributed by atoms with Gasteiger partial charge in [0, 0.05) is 6.42 Å². The Morgan fingerprint density at radius 3 is 1.71 bits per heavy atom. The van der Waals surface area contributed by atoms with Gasteiger partial charge in [-0.2, -0.15) is 0 Å². The Morgan fingerprint density at radius 1 is 0.806 bits per heavy atom. The molecule has 31 heavy (non-hydrogen) atoms. The molecule has 0 aromatic rings. The molecule has 0 fully saturated rings. The number of hydrogen-bond acceptors (Lipinski definition) is 6. The summed E-state index contributed by atoms with van der Waals surface area (Å²) in [5.74, 6) is -3.72. The van der Waals surface area contributed by atoms with E-state index in [1.54, 1.807) is 13.8 Å². The van der Waals surface area contributed by atoms with Crippen LogP contribution in [0.2, 0.25) is 0 Å². The number of carboxylic acid groups (broad SMARTS) is 2. The Hall–Kier alpha value is -2.12. The van der Waals surface area contributed by atoms with Crippen LogP contribution < -0.4 is 0 Å². The first-order valence-corrected chi connectivity index (χ1v) is 10.6. The Balaban J connectivity index is 5.69. The van der Waals surface area contributed by atoms with Crippen LogP contribution in [-0.4, -0.2) is 48.3 Å². The summed E-state index contributed by atoms with van der Waals surface area (Å²) in [5.41, 5.74) is -2.46. The van der Waals surface area contributed by atoms with Gasteiger partial charge in [-0.1, -0.05) is 27.7 Å². The maximum absolute atomic E-state index is 12.8. The van der Waals surface area contributed by atoms with E-state index < -0.39 is 40.6 Å². The molecule has 4 atom stereocenters. The molecule has 2 N–H and O–H groups in total. The van der Waals surface area contributed by atoms with E-state index in [2.05, 4.69) is 0 Å². The number of ether oxygens (including phenoxy) is 2. The van der Waals surface area contributed by atoms with Crippen LogP contribution in [0, 0.1) is 28.1 Å². The van der Waals surface area contributed by atoms with Gasteiger partial charge in [-0.15, -0.1) is 0 Å². The molecular formula is C23H40O8. The first-order valence-electron chi connectivity index (χ1n) is 10.6. The quantitative estimate of drug-likeness (QED) is 0.382. The van der Waals surface area contributed by atoms with Crippen molar-refractivity contribution in [2.45, 2.75) is 80.1 Å². The van der Waals surface area contributed by atoms with E-state index in [0.29, 0.717) is 19.3 Å². The molecule has 0 radical (unpaired) electrons. The zero-order valence-electron chi connectivity index (χ0n) is 20.2. The maximum Gasteiger partial charge on any atom is 0.311 e. The molecule has 0 aliphatic heterocycles. The van der Waals surface area contributed by atoms with Gasteiger partial charge in [0.2, 0.25) is 0 Å². The second kappa shape index (κ2) is 11.5. The van der Waals surface area contributed by atoms with Crippen LogP contribution in [0.15, 0.2) is 0 Å². The molecule has 0 aliphatic rings. The minimum absolute atomic E-state index is 0.0198. The number of carbonyl (C=O) groups is 4. The van der Waals surface area contributed by atoms with E-state index in [-0.39, 0.29) is 30.6 Å². The van der Waals surface area contributed by atoms with E-state index in [1.807, 2.05) is 20.8 Å². The number of aliphatic carboxylic acids is 2.